The van der Waals surface area contributed by atoms with E-state index in [1.807, 2.05) is 26.0 Å². The lowest BCUT2D eigenvalue weighted by Crippen LogP contribution is -1.98. The molecule has 3 N–H and O–H groups in total. The van der Waals surface area contributed by atoms with Crippen LogP contribution >= 0.6 is 27.3 Å². The maximum absolute atomic E-state index is 13.5. The molecule has 1 aromatic heterocycles. The number of rotatable bonds is 2. The van der Waals surface area contributed by atoms with E-state index in [1.54, 1.807) is 17.4 Å². The highest BCUT2D eigenvalue weighted by Gasteiger charge is 2.10. The summed E-state index contributed by atoms with van der Waals surface area (Å²) in [7, 11) is 0. The molecule has 0 radical (unpaired) electrons. The summed E-state index contributed by atoms with van der Waals surface area (Å²) in [5.74, 6) is -0.281. The molecule has 0 spiro atoms. The Morgan fingerprint density at radius 1 is 1.19 bits per heavy atom. The van der Waals surface area contributed by atoms with Gasteiger partial charge in [-0.15, -0.1) is 11.3 Å². The highest BCUT2D eigenvalue weighted by molar-refractivity contribution is 9.10. The molecule has 0 aliphatic carbocycles. The minimum Gasteiger partial charge on any atom is -0.397 e. The number of thiazole rings is 1. The average Bonchev–Trinajstić information content (AvgIpc) is 2.75. The number of hydrogen-bond donors (Lipinski definition) is 2. The summed E-state index contributed by atoms with van der Waals surface area (Å²) < 4.78 is 15.0. The van der Waals surface area contributed by atoms with Crippen LogP contribution in [-0.4, -0.2) is 4.98 Å². The highest BCUT2D eigenvalue weighted by Crippen LogP contribution is 2.33. The number of nitrogens with two attached hydrogens (primary N) is 1. The van der Waals surface area contributed by atoms with Crippen LogP contribution in [-0.2, 0) is 0 Å². The first kappa shape index (κ1) is 14.3. The van der Waals surface area contributed by atoms with E-state index >= 15 is 0 Å². The van der Waals surface area contributed by atoms with Gasteiger partial charge in [-0.25, -0.2) is 9.37 Å². The van der Waals surface area contributed by atoms with Crippen LogP contribution in [0.4, 0.5) is 21.5 Å². The predicted molar refractivity (Wildman–Crippen MR) is 90.9 cm³/mol. The van der Waals surface area contributed by atoms with Crippen molar-refractivity contribution in [2.45, 2.75) is 13.8 Å². The van der Waals surface area contributed by atoms with E-state index < -0.39 is 0 Å². The number of anilines is 3. The van der Waals surface area contributed by atoms with Gasteiger partial charge in [-0.1, -0.05) is 0 Å². The minimum atomic E-state index is -0.281. The van der Waals surface area contributed by atoms with Gasteiger partial charge >= 0.3 is 0 Å². The van der Waals surface area contributed by atoms with Crippen LogP contribution in [0.15, 0.2) is 28.7 Å². The second-order valence-corrected chi connectivity index (χ2v) is 6.94. The van der Waals surface area contributed by atoms with Gasteiger partial charge in [0.1, 0.15) is 5.82 Å². The van der Waals surface area contributed by atoms with Gasteiger partial charge in [0.2, 0.25) is 0 Å². The zero-order valence-electron chi connectivity index (χ0n) is 11.5. The van der Waals surface area contributed by atoms with Crippen molar-refractivity contribution in [1.82, 2.24) is 4.98 Å². The van der Waals surface area contributed by atoms with Crippen molar-refractivity contribution in [2.75, 3.05) is 11.1 Å². The SMILES string of the molecule is Cc1nc2cc(Nc3cc(Br)c(F)cc3C)c(N)cc2s1. The number of halogens is 2. The van der Waals surface area contributed by atoms with Gasteiger partial charge in [-0.2, -0.15) is 0 Å². The molecule has 0 aliphatic heterocycles. The van der Waals surface area contributed by atoms with E-state index in [9.17, 15) is 4.39 Å². The maximum Gasteiger partial charge on any atom is 0.137 e. The Morgan fingerprint density at radius 3 is 2.71 bits per heavy atom. The lowest BCUT2D eigenvalue weighted by Gasteiger charge is -2.12. The number of fused-ring (bicyclic) bond motifs is 1. The van der Waals surface area contributed by atoms with E-state index in [1.165, 1.54) is 6.07 Å². The van der Waals surface area contributed by atoms with E-state index in [-0.39, 0.29) is 5.82 Å². The summed E-state index contributed by atoms with van der Waals surface area (Å²) in [6, 6.07) is 7.02. The molecule has 0 saturated heterocycles. The molecule has 0 fully saturated rings. The van der Waals surface area contributed by atoms with Gasteiger partial charge in [0.15, 0.2) is 0 Å². The van der Waals surface area contributed by atoms with Crippen molar-refractivity contribution in [2.24, 2.45) is 0 Å². The van der Waals surface area contributed by atoms with Gasteiger partial charge in [-0.05, 0) is 59.6 Å². The molecule has 3 rings (SSSR count). The molecule has 0 amide bonds. The first-order valence-electron chi connectivity index (χ1n) is 6.33. The number of nitrogens with zero attached hydrogens (tertiary/aromatic N) is 1. The summed E-state index contributed by atoms with van der Waals surface area (Å²) in [5.41, 5.74) is 10.0. The van der Waals surface area contributed by atoms with Crippen molar-refractivity contribution in [3.63, 3.8) is 0 Å². The zero-order chi connectivity index (χ0) is 15.1. The third-order valence-electron chi connectivity index (χ3n) is 3.20. The van der Waals surface area contributed by atoms with E-state index in [0.717, 1.165) is 32.2 Å². The van der Waals surface area contributed by atoms with Gasteiger partial charge < -0.3 is 11.1 Å². The first-order valence-corrected chi connectivity index (χ1v) is 7.94. The van der Waals surface area contributed by atoms with Crippen LogP contribution in [0.25, 0.3) is 10.2 Å². The monoisotopic (exact) mass is 365 g/mol. The Balaban J connectivity index is 2.05. The van der Waals surface area contributed by atoms with Gasteiger partial charge in [-0.3, -0.25) is 0 Å². The number of aromatic nitrogens is 1. The molecular formula is C15H13BrFN3S. The van der Waals surface area contributed by atoms with Crippen LogP contribution in [0.5, 0.6) is 0 Å². The quantitative estimate of drug-likeness (QED) is 0.618. The molecule has 108 valence electrons. The van der Waals surface area contributed by atoms with Crippen LogP contribution in [0.3, 0.4) is 0 Å². The van der Waals surface area contributed by atoms with E-state index in [2.05, 4.69) is 26.2 Å². The standard InChI is InChI=1S/C15H13BrFN3S/c1-7-3-10(17)9(16)4-12(7)20-13-6-14-15(5-11(13)18)21-8(2)19-14/h3-6,20H,18H2,1-2H3. The zero-order valence-corrected chi connectivity index (χ0v) is 13.9. The topological polar surface area (TPSA) is 50.9 Å². The molecule has 1 heterocycles. The number of nitrogens with one attached hydrogen (secondary N) is 1. The van der Waals surface area contributed by atoms with Crippen molar-refractivity contribution >= 4 is 54.5 Å². The lowest BCUT2D eigenvalue weighted by atomic mass is 10.1. The minimum absolute atomic E-state index is 0.281. The molecular weight excluding hydrogens is 353 g/mol. The summed E-state index contributed by atoms with van der Waals surface area (Å²) in [4.78, 5) is 4.46. The van der Waals surface area contributed by atoms with E-state index in [0.29, 0.717) is 10.2 Å². The highest BCUT2D eigenvalue weighted by atomic mass is 79.9. The van der Waals surface area contributed by atoms with Crippen LogP contribution in [0.1, 0.15) is 10.6 Å². The third-order valence-corrected chi connectivity index (χ3v) is 4.74. The van der Waals surface area contributed by atoms with Crippen LogP contribution in [0.2, 0.25) is 0 Å². The Labute approximate surface area is 134 Å². The average molecular weight is 366 g/mol. The Bertz CT molecular complexity index is 845. The van der Waals surface area contributed by atoms with Crippen LogP contribution in [0, 0.1) is 19.7 Å². The molecule has 6 heteroatoms. The Morgan fingerprint density at radius 2 is 1.95 bits per heavy atom. The molecule has 0 atom stereocenters. The summed E-state index contributed by atoms with van der Waals surface area (Å²) >= 11 is 4.81. The Kier molecular flexibility index (Phi) is 3.59. The van der Waals surface area contributed by atoms with Gasteiger partial charge in [0.05, 0.1) is 31.1 Å². The predicted octanol–water partition coefficient (Wildman–Crippen LogP) is 5.14. The van der Waals surface area contributed by atoms with Crippen molar-refractivity contribution < 1.29 is 4.39 Å². The largest absolute Gasteiger partial charge is 0.397 e. The van der Waals surface area contributed by atoms with Crippen LogP contribution < -0.4 is 11.1 Å². The smallest absolute Gasteiger partial charge is 0.137 e. The van der Waals surface area contributed by atoms with Gasteiger partial charge in [0.25, 0.3) is 0 Å². The molecule has 0 saturated carbocycles. The fraction of sp³-hybridized carbons (Fsp3) is 0.133. The molecule has 2 aromatic carbocycles. The molecule has 0 unspecified atom stereocenters. The number of hydrogen-bond acceptors (Lipinski definition) is 4. The summed E-state index contributed by atoms with van der Waals surface area (Å²) in [6.45, 7) is 3.81. The molecule has 0 aliphatic rings. The molecule has 0 bridgehead atoms. The summed E-state index contributed by atoms with van der Waals surface area (Å²) in [6.07, 6.45) is 0. The fourth-order valence-corrected chi connectivity index (χ4v) is 3.34. The van der Waals surface area contributed by atoms with E-state index in [4.69, 9.17) is 5.73 Å². The van der Waals surface area contributed by atoms with Crippen molar-refractivity contribution in [1.29, 1.82) is 0 Å². The molecule has 3 nitrogen and oxygen atoms in total. The number of nitrogen functional groups attached to an aromatic ring is 1. The molecule has 3 aromatic rings. The molecule has 21 heavy (non-hydrogen) atoms. The number of aryl methyl sites for hydroxylation is 2. The Hall–Kier alpha value is -1.66. The normalized spacial score (nSPS) is 11.0. The maximum atomic E-state index is 13.5. The second kappa shape index (κ2) is 5.27. The third kappa shape index (κ3) is 2.73. The van der Waals surface area contributed by atoms with Crippen molar-refractivity contribution in [3.8, 4) is 0 Å². The number of benzene rings is 2. The first-order chi connectivity index (χ1) is 9.94. The fourth-order valence-electron chi connectivity index (χ4n) is 2.14. The van der Waals surface area contributed by atoms with Gasteiger partial charge in [0, 0.05) is 5.69 Å². The summed E-state index contributed by atoms with van der Waals surface area (Å²) in [5, 5.41) is 4.25. The lowest BCUT2D eigenvalue weighted by molar-refractivity contribution is 0.620. The second-order valence-electron chi connectivity index (χ2n) is 4.85. The van der Waals surface area contributed by atoms with Crippen molar-refractivity contribution in [3.05, 3.63) is 45.1 Å².